The molecule has 158 valence electrons. The Hall–Kier alpha value is -1.27. The van der Waals surface area contributed by atoms with E-state index in [0.717, 1.165) is 49.5 Å². The van der Waals surface area contributed by atoms with Crippen LogP contribution in [0.1, 0.15) is 55.5 Å². The molecule has 1 aliphatic carbocycles. The van der Waals surface area contributed by atoms with Gasteiger partial charge in [-0.3, -0.25) is 4.79 Å². The molecule has 1 fully saturated rings. The molecular formula is C21H33Cl2N3O2. The van der Waals surface area contributed by atoms with Crippen molar-refractivity contribution in [2.45, 2.75) is 51.0 Å². The normalized spacial score (nSPS) is 14.3. The zero-order valence-electron chi connectivity index (χ0n) is 16.4. The van der Waals surface area contributed by atoms with Crippen LogP contribution in [0.5, 0.6) is 0 Å². The van der Waals surface area contributed by atoms with Crippen molar-refractivity contribution in [3.8, 4) is 0 Å². The Balaban J connectivity index is 0.00000196. The van der Waals surface area contributed by atoms with Crippen LogP contribution in [0.2, 0.25) is 0 Å². The van der Waals surface area contributed by atoms with Crippen LogP contribution in [0.15, 0.2) is 34.7 Å². The smallest absolute Gasteiger partial charge is 0.287 e. The molecule has 1 aliphatic rings. The van der Waals surface area contributed by atoms with E-state index >= 15 is 0 Å². The Morgan fingerprint density at radius 3 is 2.50 bits per heavy atom. The van der Waals surface area contributed by atoms with Gasteiger partial charge in [-0.05, 0) is 44.4 Å². The number of furan rings is 1. The first-order valence-electron chi connectivity index (χ1n) is 10.0. The number of halogens is 2. The van der Waals surface area contributed by atoms with Crippen LogP contribution in [0.25, 0.3) is 11.0 Å². The highest BCUT2D eigenvalue weighted by molar-refractivity contribution is 5.96. The molecule has 1 aromatic carbocycles. The maximum atomic E-state index is 12.1. The predicted molar refractivity (Wildman–Crippen MR) is 120 cm³/mol. The molecule has 1 aromatic heterocycles. The molecule has 0 atom stereocenters. The summed E-state index contributed by atoms with van der Waals surface area (Å²) in [6.07, 6.45) is 8.87. The number of rotatable bonds is 10. The first-order valence-corrected chi connectivity index (χ1v) is 10.0. The summed E-state index contributed by atoms with van der Waals surface area (Å²) in [5.74, 6) is 0.254. The van der Waals surface area contributed by atoms with Gasteiger partial charge in [-0.25, -0.2) is 0 Å². The Labute approximate surface area is 180 Å². The van der Waals surface area contributed by atoms with Crippen LogP contribution in [0.3, 0.4) is 0 Å². The van der Waals surface area contributed by atoms with Crippen LogP contribution >= 0.6 is 24.8 Å². The minimum Gasteiger partial charge on any atom is -0.451 e. The average molecular weight is 430 g/mol. The van der Waals surface area contributed by atoms with Gasteiger partial charge in [0.2, 0.25) is 0 Å². The third-order valence-electron chi connectivity index (χ3n) is 5.06. The van der Waals surface area contributed by atoms with Crippen molar-refractivity contribution in [1.82, 2.24) is 16.0 Å². The quantitative estimate of drug-likeness (QED) is 0.492. The molecule has 0 bridgehead atoms. The highest BCUT2D eigenvalue weighted by Gasteiger charge is 2.12. The Bertz CT molecular complexity index is 654. The molecule has 0 aliphatic heterocycles. The summed E-state index contributed by atoms with van der Waals surface area (Å²) in [6, 6.07) is 10.2. The van der Waals surface area contributed by atoms with E-state index < -0.39 is 0 Å². The van der Waals surface area contributed by atoms with Gasteiger partial charge < -0.3 is 20.4 Å². The van der Waals surface area contributed by atoms with Crippen molar-refractivity contribution in [2.75, 3.05) is 26.2 Å². The second kappa shape index (κ2) is 13.8. The maximum absolute atomic E-state index is 12.1. The largest absolute Gasteiger partial charge is 0.451 e. The van der Waals surface area contributed by atoms with Gasteiger partial charge >= 0.3 is 0 Å². The van der Waals surface area contributed by atoms with Crippen molar-refractivity contribution in [2.24, 2.45) is 0 Å². The molecule has 2 aromatic rings. The lowest BCUT2D eigenvalue weighted by Crippen LogP contribution is -2.36. The number of carbonyl (C=O) groups is 1. The summed E-state index contributed by atoms with van der Waals surface area (Å²) in [5.41, 5.74) is 0.753. The standard InChI is InChI=1S/C21H31N3O2.2ClH/c25-21(20-16-17-8-4-5-11-19(17)26-20)24-13-7-6-12-22-14-15-23-18-9-2-1-3-10-18;;/h4-5,8,11,16,18,22-23H,1-3,6-7,9-10,12-15H2,(H,24,25);2*1H. The van der Waals surface area contributed by atoms with Crippen LogP contribution in [-0.2, 0) is 0 Å². The molecule has 0 spiro atoms. The minimum atomic E-state index is -0.133. The third-order valence-corrected chi connectivity index (χ3v) is 5.06. The summed E-state index contributed by atoms with van der Waals surface area (Å²) in [7, 11) is 0. The van der Waals surface area contributed by atoms with Crippen molar-refractivity contribution in [1.29, 1.82) is 0 Å². The molecule has 3 rings (SSSR count). The highest BCUT2D eigenvalue weighted by atomic mass is 35.5. The van der Waals surface area contributed by atoms with Gasteiger partial charge in [0.25, 0.3) is 5.91 Å². The second-order valence-corrected chi connectivity index (χ2v) is 7.15. The average Bonchev–Trinajstić information content (AvgIpc) is 3.12. The third kappa shape index (κ3) is 8.00. The lowest BCUT2D eigenvalue weighted by molar-refractivity contribution is 0.0927. The molecule has 0 saturated heterocycles. The number of nitrogens with one attached hydrogen (secondary N) is 3. The van der Waals surface area contributed by atoms with Gasteiger partial charge in [-0.2, -0.15) is 0 Å². The molecule has 1 heterocycles. The molecule has 28 heavy (non-hydrogen) atoms. The van der Waals surface area contributed by atoms with Crippen molar-refractivity contribution >= 4 is 41.7 Å². The molecule has 5 nitrogen and oxygen atoms in total. The van der Waals surface area contributed by atoms with E-state index in [0.29, 0.717) is 12.3 Å². The number of fused-ring (bicyclic) bond motifs is 1. The molecule has 1 amide bonds. The Kier molecular flexibility index (Phi) is 12.2. The topological polar surface area (TPSA) is 66.3 Å². The number of amides is 1. The van der Waals surface area contributed by atoms with Crippen molar-refractivity contribution in [3.63, 3.8) is 0 Å². The molecule has 0 radical (unpaired) electrons. The number of carbonyl (C=O) groups excluding carboxylic acids is 1. The zero-order valence-corrected chi connectivity index (χ0v) is 18.0. The van der Waals surface area contributed by atoms with Crippen LogP contribution < -0.4 is 16.0 Å². The fourth-order valence-corrected chi connectivity index (χ4v) is 3.55. The lowest BCUT2D eigenvalue weighted by atomic mass is 9.95. The van der Waals surface area contributed by atoms with Gasteiger partial charge in [0.05, 0.1) is 0 Å². The minimum absolute atomic E-state index is 0. The summed E-state index contributed by atoms with van der Waals surface area (Å²) in [4.78, 5) is 12.1. The molecule has 0 unspecified atom stereocenters. The van der Waals surface area contributed by atoms with E-state index in [4.69, 9.17) is 4.42 Å². The first kappa shape index (κ1) is 24.8. The number of hydrogen-bond donors (Lipinski definition) is 3. The molecule has 3 N–H and O–H groups in total. The monoisotopic (exact) mass is 429 g/mol. The van der Waals surface area contributed by atoms with E-state index in [-0.39, 0.29) is 30.7 Å². The molecule has 1 saturated carbocycles. The first-order chi connectivity index (χ1) is 12.8. The van der Waals surface area contributed by atoms with E-state index in [2.05, 4.69) is 16.0 Å². The highest BCUT2D eigenvalue weighted by Crippen LogP contribution is 2.18. The number of unbranched alkanes of at least 4 members (excludes halogenated alkanes) is 1. The maximum Gasteiger partial charge on any atom is 0.287 e. The van der Waals surface area contributed by atoms with Crippen molar-refractivity contribution in [3.05, 3.63) is 36.1 Å². The summed E-state index contributed by atoms with van der Waals surface area (Å²) in [5, 5.41) is 11.0. The van der Waals surface area contributed by atoms with Crippen LogP contribution in [0, 0.1) is 0 Å². The predicted octanol–water partition coefficient (Wildman–Crippen LogP) is 4.30. The SMILES string of the molecule is Cl.Cl.O=C(NCCCCNCCNC1CCCCC1)c1cc2ccccc2o1. The lowest BCUT2D eigenvalue weighted by Gasteiger charge is -2.22. The van der Waals surface area contributed by atoms with Crippen LogP contribution in [0.4, 0.5) is 0 Å². The summed E-state index contributed by atoms with van der Waals surface area (Å²) in [6.45, 7) is 3.74. The molecule has 7 heteroatoms. The fourth-order valence-electron chi connectivity index (χ4n) is 3.55. The van der Waals surface area contributed by atoms with Gasteiger partial charge in [-0.1, -0.05) is 37.5 Å². The van der Waals surface area contributed by atoms with E-state index in [1.807, 2.05) is 24.3 Å². The Morgan fingerprint density at radius 2 is 1.71 bits per heavy atom. The Morgan fingerprint density at radius 1 is 0.964 bits per heavy atom. The van der Waals surface area contributed by atoms with Gasteiger partial charge in [0, 0.05) is 31.1 Å². The van der Waals surface area contributed by atoms with Crippen molar-refractivity contribution < 1.29 is 9.21 Å². The van der Waals surface area contributed by atoms with E-state index in [1.165, 1.54) is 32.1 Å². The molecular weight excluding hydrogens is 397 g/mol. The van der Waals surface area contributed by atoms with Gasteiger partial charge in [0.1, 0.15) is 5.58 Å². The van der Waals surface area contributed by atoms with Gasteiger partial charge in [-0.15, -0.1) is 24.8 Å². The summed E-state index contributed by atoms with van der Waals surface area (Å²) >= 11 is 0. The number of benzene rings is 1. The summed E-state index contributed by atoms with van der Waals surface area (Å²) < 4.78 is 5.57. The van der Waals surface area contributed by atoms with E-state index in [1.54, 1.807) is 6.07 Å². The van der Waals surface area contributed by atoms with E-state index in [9.17, 15) is 4.79 Å². The van der Waals surface area contributed by atoms with Crippen LogP contribution in [-0.4, -0.2) is 38.1 Å². The zero-order chi connectivity index (χ0) is 18.0. The number of hydrogen-bond acceptors (Lipinski definition) is 4. The fraction of sp³-hybridized carbons (Fsp3) is 0.571. The number of para-hydroxylation sites is 1. The van der Waals surface area contributed by atoms with Gasteiger partial charge in [0.15, 0.2) is 5.76 Å². The second-order valence-electron chi connectivity index (χ2n) is 7.15.